The van der Waals surface area contributed by atoms with E-state index in [-0.39, 0.29) is 22.6 Å². The van der Waals surface area contributed by atoms with Crippen LogP contribution in [0.4, 0.5) is 11.4 Å². The summed E-state index contributed by atoms with van der Waals surface area (Å²) in [5.74, 6) is 0.511. The van der Waals surface area contributed by atoms with Crippen LogP contribution in [0, 0.1) is 10.8 Å². The Balaban J connectivity index is 1.22. The molecule has 5 aliphatic rings. The largest absolute Gasteiger partial charge is 0.310 e. The molecule has 0 aromatic carbocycles. The van der Waals surface area contributed by atoms with Gasteiger partial charge in [0.25, 0.3) is 0 Å². The van der Waals surface area contributed by atoms with Crippen LogP contribution >= 0.6 is 0 Å². The zero-order chi connectivity index (χ0) is 20.3. The summed E-state index contributed by atoms with van der Waals surface area (Å²) in [6, 6.07) is 7.86. The summed E-state index contributed by atoms with van der Waals surface area (Å²) in [7, 11) is 0. The molecule has 0 radical (unpaired) electrons. The lowest BCUT2D eigenvalue weighted by Crippen LogP contribution is -2.56. The normalized spacial score (nSPS) is 29.1. The summed E-state index contributed by atoms with van der Waals surface area (Å²) in [5, 5.41) is 0. The lowest BCUT2D eigenvalue weighted by molar-refractivity contribution is -0.147. The third-order valence-electron chi connectivity index (χ3n) is 8.10. The molecule has 0 unspecified atom stereocenters. The molecule has 3 fully saturated rings. The first-order valence-electron chi connectivity index (χ1n) is 11.1. The minimum absolute atomic E-state index is 0.255. The third-order valence-corrected chi connectivity index (χ3v) is 8.10. The number of aromatic nitrogens is 2. The molecule has 2 bridgehead atoms. The van der Waals surface area contributed by atoms with Crippen molar-refractivity contribution in [1.82, 2.24) is 9.97 Å². The zero-order valence-corrected chi connectivity index (χ0v) is 17.1. The highest BCUT2D eigenvalue weighted by molar-refractivity contribution is 6.02. The smallest absolute Gasteiger partial charge is 0.233 e. The summed E-state index contributed by atoms with van der Waals surface area (Å²) in [6.07, 6.45) is 10.2. The minimum Gasteiger partial charge on any atom is -0.310 e. The summed E-state index contributed by atoms with van der Waals surface area (Å²) in [5.41, 5.74) is 3.42. The fraction of sp³-hybridized carbons (Fsp3) is 0.500. The number of carbonyl (C=O) groups is 2. The first kappa shape index (κ1) is 18.0. The number of anilines is 2. The Morgan fingerprint density at radius 2 is 1.10 bits per heavy atom. The molecule has 0 spiro atoms. The van der Waals surface area contributed by atoms with Crippen LogP contribution in [0.3, 0.4) is 0 Å². The average molecular weight is 402 g/mol. The first-order chi connectivity index (χ1) is 14.6. The van der Waals surface area contributed by atoms with Crippen LogP contribution in [-0.2, 0) is 22.4 Å². The molecule has 0 atom stereocenters. The quantitative estimate of drug-likeness (QED) is 0.773. The summed E-state index contributed by atoms with van der Waals surface area (Å²) in [6.45, 7) is 1.46. The lowest BCUT2D eigenvalue weighted by Gasteiger charge is -2.53. The molecule has 2 aliphatic heterocycles. The van der Waals surface area contributed by atoms with Gasteiger partial charge < -0.3 is 9.80 Å². The second-order valence-electron chi connectivity index (χ2n) is 9.41. The van der Waals surface area contributed by atoms with E-state index in [0.29, 0.717) is 0 Å². The molecule has 0 N–H and O–H groups in total. The van der Waals surface area contributed by atoms with Gasteiger partial charge in [0.15, 0.2) is 0 Å². The van der Waals surface area contributed by atoms with E-state index in [1.807, 2.05) is 34.1 Å². The maximum atomic E-state index is 13.6. The maximum absolute atomic E-state index is 13.6. The number of hydrogen-bond acceptors (Lipinski definition) is 4. The van der Waals surface area contributed by atoms with Crippen LogP contribution in [0.15, 0.2) is 36.7 Å². The van der Waals surface area contributed by atoms with E-state index in [1.165, 1.54) is 0 Å². The highest BCUT2D eigenvalue weighted by atomic mass is 16.2. The Morgan fingerprint density at radius 1 is 0.700 bits per heavy atom. The highest BCUT2D eigenvalue weighted by Gasteiger charge is 2.57. The Hall–Kier alpha value is -2.76. The molecular weight excluding hydrogens is 376 g/mol. The fourth-order valence-electron chi connectivity index (χ4n) is 6.23. The van der Waals surface area contributed by atoms with Crippen LogP contribution in [0.25, 0.3) is 0 Å². The van der Waals surface area contributed by atoms with Crippen LogP contribution in [0.2, 0.25) is 0 Å². The van der Waals surface area contributed by atoms with Crippen molar-refractivity contribution in [2.24, 2.45) is 10.8 Å². The van der Waals surface area contributed by atoms with Crippen molar-refractivity contribution in [2.75, 3.05) is 22.9 Å². The van der Waals surface area contributed by atoms with Crippen molar-refractivity contribution in [1.29, 1.82) is 0 Å². The molecule has 154 valence electrons. The minimum atomic E-state index is -0.302. The van der Waals surface area contributed by atoms with Gasteiger partial charge >= 0.3 is 0 Å². The lowest BCUT2D eigenvalue weighted by atomic mass is 9.53. The molecule has 30 heavy (non-hydrogen) atoms. The fourth-order valence-corrected chi connectivity index (χ4v) is 6.23. The molecule has 6 heteroatoms. The summed E-state index contributed by atoms with van der Waals surface area (Å²) in [4.78, 5) is 40.1. The van der Waals surface area contributed by atoms with E-state index in [1.54, 1.807) is 12.4 Å². The van der Waals surface area contributed by atoms with E-state index in [9.17, 15) is 9.59 Å². The second-order valence-corrected chi connectivity index (χ2v) is 9.41. The Kier molecular flexibility index (Phi) is 3.83. The van der Waals surface area contributed by atoms with E-state index in [0.717, 1.165) is 87.2 Å². The van der Waals surface area contributed by atoms with Crippen LogP contribution < -0.4 is 9.80 Å². The highest BCUT2D eigenvalue weighted by Crippen LogP contribution is 2.59. The first-order valence-corrected chi connectivity index (χ1v) is 11.1. The standard InChI is InChI=1S/C24H26N4O2/c29-21(27-15-5-17-19(27)3-1-13-25-17)23-7-10-24(11-8-23,12-9-23)22(30)28-16-6-18-20(28)4-2-14-26-18/h1-4,13-14H,5-12,15-16H2. The number of hydrogen-bond donors (Lipinski definition) is 0. The van der Waals surface area contributed by atoms with E-state index in [2.05, 4.69) is 9.97 Å². The Bertz CT molecular complexity index is 941. The molecule has 2 aromatic rings. The Labute approximate surface area is 176 Å². The van der Waals surface area contributed by atoms with Crippen molar-refractivity contribution < 1.29 is 9.59 Å². The molecule has 2 amide bonds. The van der Waals surface area contributed by atoms with Crippen molar-refractivity contribution in [2.45, 2.75) is 51.4 Å². The molecule has 0 saturated heterocycles. The molecule has 6 nitrogen and oxygen atoms in total. The van der Waals surface area contributed by atoms with E-state index >= 15 is 0 Å². The third kappa shape index (κ3) is 2.42. The van der Waals surface area contributed by atoms with Gasteiger partial charge in [0.1, 0.15) is 0 Å². The maximum Gasteiger partial charge on any atom is 0.233 e. The summed E-state index contributed by atoms with van der Waals surface area (Å²) < 4.78 is 0. The predicted molar refractivity (Wildman–Crippen MR) is 113 cm³/mol. The van der Waals surface area contributed by atoms with Gasteiger partial charge in [0.05, 0.1) is 22.8 Å². The van der Waals surface area contributed by atoms with Gasteiger partial charge in [-0.2, -0.15) is 0 Å². The number of nitrogens with zero attached hydrogens (tertiary/aromatic N) is 4. The predicted octanol–water partition coefficient (Wildman–Crippen LogP) is 3.30. The number of fused-ring (bicyclic) bond motifs is 5. The monoisotopic (exact) mass is 402 g/mol. The van der Waals surface area contributed by atoms with Crippen LogP contribution in [0.1, 0.15) is 49.9 Å². The van der Waals surface area contributed by atoms with Gasteiger partial charge in [0, 0.05) is 49.2 Å². The second kappa shape index (κ2) is 6.37. The van der Waals surface area contributed by atoms with Gasteiger partial charge in [-0.25, -0.2) is 0 Å². The molecular formula is C24H26N4O2. The van der Waals surface area contributed by atoms with Gasteiger partial charge in [0.2, 0.25) is 11.8 Å². The van der Waals surface area contributed by atoms with Crippen molar-refractivity contribution in [3.8, 4) is 0 Å². The van der Waals surface area contributed by atoms with Gasteiger partial charge in [-0.1, -0.05) is 0 Å². The topological polar surface area (TPSA) is 66.4 Å². The molecule has 4 heterocycles. The van der Waals surface area contributed by atoms with Crippen molar-refractivity contribution in [3.63, 3.8) is 0 Å². The Morgan fingerprint density at radius 3 is 1.50 bits per heavy atom. The average Bonchev–Trinajstić information content (AvgIpc) is 3.44. The van der Waals surface area contributed by atoms with Gasteiger partial charge in [-0.05, 0) is 62.8 Å². The van der Waals surface area contributed by atoms with Gasteiger partial charge in [-0.15, -0.1) is 0 Å². The van der Waals surface area contributed by atoms with Crippen molar-refractivity contribution >= 4 is 23.2 Å². The molecule has 3 aliphatic carbocycles. The molecule has 3 saturated carbocycles. The summed E-state index contributed by atoms with van der Waals surface area (Å²) >= 11 is 0. The van der Waals surface area contributed by atoms with E-state index < -0.39 is 0 Å². The van der Waals surface area contributed by atoms with Crippen molar-refractivity contribution in [3.05, 3.63) is 48.0 Å². The number of amides is 2. The number of rotatable bonds is 2. The van der Waals surface area contributed by atoms with Gasteiger partial charge in [-0.3, -0.25) is 19.6 Å². The van der Waals surface area contributed by atoms with Crippen LogP contribution in [0.5, 0.6) is 0 Å². The SMILES string of the molecule is O=C(N1CCc2ncccc21)C12CCC(C(=O)N3CCc4ncccc43)(CC1)CC2. The number of pyridine rings is 2. The molecule has 2 aromatic heterocycles. The zero-order valence-electron chi connectivity index (χ0n) is 17.1. The van der Waals surface area contributed by atoms with E-state index in [4.69, 9.17) is 0 Å². The van der Waals surface area contributed by atoms with Crippen LogP contribution in [-0.4, -0.2) is 34.9 Å². The molecule has 7 rings (SSSR count). The number of carbonyl (C=O) groups excluding carboxylic acids is 2.